The van der Waals surface area contributed by atoms with Gasteiger partial charge in [0, 0.05) is 12.3 Å². The van der Waals surface area contributed by atoms with E-state index in [0.717, 1.165) is 36.5 Å². The largest absolute Gasteiger partial charge is 0.462 e. The molecule has 136 valence electrons. The third-order valence-corrected chi connectivity index (χ3v) is 6.94. The molecule has 3 aliphatic carbocycles. The van der Waals surface area contributed by atoms with Gasteiger partial charge >= 0.3 is 5.97 Å². The average Bonchev–Trinajstić information content (AvgIpc) is 2.59. The van der Waals surface area contributed by atoms with Crippen molar-refractivity contribution in [3.63, 3.8) is 0 Å². The van der Waals surface area contributed by atoms with Crippen LogP contribution in [-0.4, -0.2) is 17.9 Å². The Balaban J connectivity index is 1.45. The monoisotopic (exact) mass is 334 g/mol. The molecule has 0 aromatic carbocycles. The first-order valence-corrected chi connectivity index (χ1v) is 10.3. The zero-order valence-electron chi connectivity index (χ0n) is 15.5. The topological polar surface area (TPSA) is 43.4 Å². The molecule has 0 saturated heterocycles. The minimum atomic E-state index is -0.168. The Labute approximate surface area is 146 Å². The van der Waals surface area contributed by atoms with Crippen molar-refractivity contribution in [1.29, 1.82) is 0 Å². The van der Waals surface area contributed by atoms with E-state index >= 15 is 0 Å². The maximum absolute atomic E-state index is 12.1. The lowest BCUT2D eigenvalue weighted by atomic mass is 9.57. The van der Waals surface area contributed by atoms with Gasteiger partial charge in [-0.25, -0.2) is 0 Å². The normalized spacial score (nSPS) is 35.9. The molecule has 0 N–H and O–H groups in total. The van der Waals surface area contributed by atoms with Gasteiger partial charge in [-0.1, -0.05) is 33.1 Å². The molecule has 3 rings (SSSR count). The van der Waals surface area contributed by atoms with Crippen molar-refractivity contribution in [2.45, 2.75) is 90.6 Å². The van der Waals surface area contributed by atoms with Gasteiger partial charge in [0.1, 0.15) is 11.9 Å². The third kappa shape index (κ3) is 4.21. The van der Waals surface area contributed by atoms with Gasteiger partial charge in [0.25, 0.3) is 0 Å². The summed E-state index contributed by atoms with van der Waals surface area (Å²) in [5.74, 6) is 3.61. The second kappa shape index (κ2) is 8.01. The summed E-state index contributed by atoms with van der Waals surface area (Å²) >= 11 is 0. The molecule has 0 amide bonds. The SMILES string of the molecule is CC(C)C(=O)CCC(=O)O[C@H]1CC[C@H]2[C@@H](CC[C@H]3CCCC[C@@H]32)C1. The fraction of sp³-hybridized carbons (Fsp3) is 0.905. The first kappa shape index (κ1) is 17.9. The Morgan fingerprint density at radius 2 is 1.58 bits per heavy atom. The van der Waals surface area contributed by atoms with E-state index in [2.05, 4.69) is 0 Å². The Hall–Kier alpha value is -0.860. The molecule has 0 unspecified atom stereocenters. The molecule has 3 aliphatic rings. The van der Waals surface area contributed by atoms with E-state index in [1.54, 1.807) is 0 Å². The number of hydrogen-bond donors (Lipinski definition) is 0. The first-order valence-electron chi connectivity index (χ1n) is 10.3. The molecule has 5 atom stereocenters. The van der Waals surface area contributed by atoms with Gasteiger partial charge < -0.3 is 4.74 Å². The molecule has 3 saturated carbocycles. The van der Waals surface area contributed by atoms with Gasteiger partial charge in [0.2, 0.25) is 0 Å². The van der Waals surface area contributed by atoms with Crippen molar-refractivity contribution in [2.75, 3.05) is 0 Å². The maximum atomic E-state index is 12.1. The molecule has 0 spiro atoms. The van der Waals surface area contributed by atoms with E-state index in [4.69, 9.17) is 4.74 Å². The zero-order valence-corrected chi connectivity index (χ0v) is 15.5. The van der Waals surface area contributed by atoms with Crippen LogP contribution in [0.2, 0.25) is 0 Å². The minimum absolute atomic E-state index is 0.0129. The third-order valence-electron chi connectivity index (χ3n) is 6.94. The number of carbonyl (C=O) groups is 2. The van der Waals surface area contributed by atoms with Crippen LogP contribution in [0.4, 0.5) is 0 Å². The van der Waals surface area contributed by atoms with Gasteiger partial charge in [-0.05, 0) is 62.2 Å². The van der Waals surface area contributed by atoms with Crippen molar-refractivity contribution < 1.29 is 14.3 Å². The smallest absolute Gasteiger partial charge is 0.306 e. The molecule has 0 heterocycles. The lowest BCUT2D eigenvalue weighted by Gasteiger charge is -2.49. The van der Waals surface area contributed by atoms with Crippen LogP contribution in [0.5, 0.6) is 0 Å². The number of hydrogen-bond acceptors (Lipinski definition) is 3. The Morgan fingerprint density at radius 1 is 0.875 bits per heavy atom. The number of fused-ring (bicyclic) bond motifs is 3. The van der Waals surface area contributed by atoms with Crippen LogP contribution in [0.3, 0.4) is 0 Å². The van der Waals surface area contributed by atoms with E-state index in [-0.39, 0.29) is 30.2 Å². The standard InChI is InChI=1S/C21H34O3/c1-14(2)20(22)11-12-21(23)24-17-9-10-19-16(13-17)8-7-15-5-3-4-6-18(15)19/h14-19H,3-13H2,1-2H3/t15-,16+,17+,18+,19+/m1/s1. The second-order valence-corrected chi connectivity index (χ2v) is 8.76. The molecule has 3 fully saturated rings. The molecule has 0 radical (unpaired) electrons. The van der Waals surface area contributed by atoms with Crippen LogP contribution in [0.25, 0.3) is 0 Å². The summed E-state index contributed by atoms with van der Waals surface area (Å²) in [7, 11) is 0. The highest BCUT2D eigenvalue weighted by Crippen LogP contribution is 2.51. The van der Waals surface area contributed by atoms with E-state index in [1.165, 1.54) is 44.9 Å². The maximum Gasteiger partial charge on any atom is 0.306 e. The van der Waals surface area contributed by atoms with Crippen LogP contribution in [0.15, 0.2) is 0 Å². The molecule has 3 nitrogen and oxygen atoms in total. The van der Waals surface area contributed by atoms with Crippen LogP contribution in [0.1, 0.15) is 84.5 Å². The summed E-state index contributed by atoms with van der Waals surface area (Å²) in [6, 6.07) is 0. The van der Waals surface area contributed by atoms with E-state index < -0.39 is 0 Å². The molecule has 3 heteroatoms. The van der Waals surface area contributed by atoms with Crippen molar-refractivity contribution in [2.24, 2.45) is 29.6 Å². The van der Waals surface area contributed by atoms with E-state index in [1.807, 2.05) is 13.8 Å². The van der Waals surface area contributed by atoms with Gasteiger partial charge in [0.15, 0.2) is 0 Å². The molecular formula is C21H34O3. The number of Topliss-reactive ketones (excluding diaryl/α,β-unsaturated/α-hetero) is 1. The summed E-state index contributed by atoms with van der Waals surface area (Å²) in [5.41, 5.74) is 0. The van der Waals surface area contributed by atoms with Gasteiger partial charge in [-0.15, -0.1) is 0 Å². The predicted molar refractivity (Wildman–Crippen MR) is 94.5 cm³/mol. The molecule has 24 heavy (non-hydrogen) atoms. The number of esters is 1. The molecule has 0 bridgehead atoms. The number of ether oxygens (including phenoxy) is 1. The van der Waals surface area contributed by atoms with Crippen molar-refractivity contribution >= 4 is 11.8 Å². The van der Waals surface area contributed by atoms with Crippen LogP contribution < -0.4 is 0 Å². The van der Waals surface area contributed by atoms with Gasteiger partial charge in [-0.2, -0.15) is 0 Å². The lowest BCUT2D eigenvalue weighted by Crippen LogP contribution is -2.42. The fourth-order valence-corrected chi connectivity index (χ4v) is 5.59. The molecule has 0 aromatic heterocycles. The fourth-order valence-electron chi connectivity index (χ4n) is 5.59. The summed E-state index contributed by atoms with van der Waals surface area (Å²) in [4.78, 5) is 23.7. The van der Waals surface area contributed by atoms with Crippen molar-refractivity contribution in [1.82, 2.24) is 0 Å². The number of ketones is 1. The molecular weight excluding hydrogens is 300 g/mol. The average molecular weight is 335 g/mol. The van der Waals surface area contributed by atoms with Gasteiger partial charge in [0.05, 0.1) is 6.42 Å². The zero-order chi connectivity index (χ0) is 17.1. The highest BCUT2D eigenvalue weighted by atomic mass is 16.5. The Kier molecular flexibility index (Phi) is 5.99. The first-order chi connectivity index (χ1) is 11.5. The Bertz CT molecular complexity index is 456. The van der Waals surface area contributed by atoms with Crippen molar-refractivity contribution in [3.05, 3.63) is 0 Å². The van der Waals surface area contributed by atoms with Crippen LogP contribution >= 0.6 is 0 Å². The summed E-state index contributed by atoms with van der Waals surface area (Å²) in [6.45, 7) is 3.77. The van der Waals surface area contributed by atoms with Crippen LogP contribution in [0, 0.1) is 29.6 Å². The summed E-state index contributed by atoms with van der Waals surface area (Å²) in [6.07, 6.45) is 12.5. The summed E-state index contributed by atoms with van der Waals surface area (Å²) < 4.78 is 5.72. The predicted octanol–water partition coefficient (Wildman–Crippen LogP) is 4.92. The quantitative estimate of drug-likeness (QED) is 0.670. The molecule has 0 aromatic rings. The van der Waals surface area contributed by atoms with Crippen LogP contribution in [-0.2, 0) is 14.3 Å². The molecule has 0 aliphatic heterocycles. The lowest BCUT2D eigenvalue weighted by molar-refractivity contribution is -0.154. The highest BCUT2D eigenvalue weighted by molar-refractivity contribution is 5.84. The summed E-state index contributed by atoms with van der Waals surface area (Å²) in [5, 5.41) is 0. The van der Waals surface area contributed by atoms with E-state index in [0.29, 0.717) is 6.42 Å². The minimum Gasteiger partial charge on any atom is -0.462 e. The van der Waals surface area contributed by atoms with Crippen molar-refractivity contribution in [3.8, 4) is 0 Å². The Morgan fingerprint density at radius 3 is 2.38 bits per heavy atom. The number of rotatable bonds is 5. The second-order valence-electron chi connectivity index (χ2n) is 8.76. The number of carbonyl (C=O) groups excluding carboxylic acids is 2. The highest BCUT2D eigenvalue weighted by Gasteiger charge is 2.43. The van der Waals surface area contributed by atoms with E-state index in [9.17, 15) is 9.59 Å². The van der Waals surface area contributed by atoms with Gasteiger partial charge in [-0.3, -0.25) is 9.59 Å².